The van der Waals surface area contributed by atoms with E-state index < -0.39 is 5.82 Å². The molecule has 3 aromatic rings. The molecule has 0 atom stereocenters. The van der Waals surface area contributed by atoms with Gasteiger partial charge in [0.05, 0.1) is 12.2 Å². The number of ether oxygens (including phenoxy) is 1. The summed E-state index contributed by atoms with van der Waals surface area (Å²) in [4.78, 5) is 26.6. The first-order chi connectivity index (χ1) is 15.9. The maximum Gasteiger partial charge on any atom is 0.339 e. The van der Waals surface area contributed by atoms with Crippen LogP contribution in [0.5, 0.6) is 5.75 Å². The van der Waals surface area contributed by atoms with Crippen LogP contribution in [0.2, 0.25) is 0 Å². The molecule has 6 nitrogen and oxygen atoms in total. The lowest BCUT2D eigenvalue weighted by Gasteiger charge is -2.32. The van der Waals surface area contributed by atoms with Crippen LogP contribution in [0.25, 0.3) is 11.0 Å². The summed E-state index contributed by atoms with van der Waals surface area (Å²) in [7, 11) is 0. The van der Waals surface area contributed by atoms with E-state index in [1.807, 2.05) is 19.1 Å². The van der Waals surface area contributed by atoms with Crippen LogP contribution in [0.15, 0.2) is 51.7 Å². The molecule has 174 valence electrons. The van der Waals surface area contributed by atoms with Gasteiger partial charge in [-0.05, 0) is 62.9 Å². The van der Waals surface area contributed by atoms with Crippen molar-refractivity contribution in [1.82, 2.24) is 10.2 Å². The third-order valence-corrected chi connectivity index (χ3v) is 6.36. The first-order valence-corrected chi connectivity index (χ1v) is 11.4. The Labute approximate surface area is 192 Å². The van der Waals surface area contributed by atoms with Gasteiger partial charge in [0.1, 0.15) is 17.1 Å². The molecule has 2 heterocycles. The summed E-state index contributed by atoms with van der Waals surface area (Å²) in [6, 6.07) is 11.7. The molecule has 0 unspecified atom stereocenters. The van der Waals surface area contributed by atoms with Crippen LogP contribution in [0, 0.1) is 19.7 Å². The summed E-state index contributed by atoms with van der Waals surface area (Å²) < 4.78 is 25.0. The predicted molar refractivity (Wildman–Crippen MR) is 125 cm³/mol. The number of likely N-dealkylation sites (tertiary alicyclic amines) is 1. The molecule has 0 spiro atoms. The molecule has 0 saturated carbocycles. The molecule has 0 aliphatic carbocycles. The number of benzene rings is 2. The number of carbonyl (C=O) groups excluding carboxylic acids is 1. The molecular formula is C26H29FN2O4. The average Bonchev–Trinajstić information content (AvgIpc) is 2.81. The molecule has 1 aromatic heterocycles. The van der Waals surface area contributed by atoms with Gasteiger partial charge in [0.25, 0.3) is 5.91 Å². The minimum Gasteiger partial charge on any atom is -0.493 e. The van der Waals surface area contributed by atoms with Crippen molar-refractivity contribution in [2.45, 2.75) is 39.2 Å². The van der Waals surface area contributed by atoms with Crippen LogP contribution in [0.1, 0.15) is 40.7 Å². The summed E-state index contributed by atoms with van der Waals surface area (Å²) in [6.45, 7) is 6.90. The number of amides is 1. The summed E-state index contributed by atoms with van der Waals surface area (Å²) in [6.07, 6.45) is 2.54. The van der Waals surface area contributed by atoms with Gasteiger partial charge < -0.3 is 19.4 Å². The maximum absolute atomic E-state index is 13.8. The Kier molecular flexibility index (Phi) is 7.08. The first-order valence-electron chi connectivity index (χ1n) is 11.4. The molecule has 1 saturated heterocycles. The van der Waals surface area contributed by atoms with Gasteiger partial charge in [-0.25, -0.2) is 9.18 Å². The lowest BCUT2D eigenvalue weighted by molar-refractivity contribution is 0.0905. The number of nitrogens with one attached hydrogen (secondary N) is 1. The highest BCUT2D eigenvalue weighted by Gasteiger charge is 2.22. The van der Waals surface area contributed by atoms with Crippen LogP contribution in [0.4, 0.5) is 4.39 Å². The van der Waals surface area contributed by atoms with E-state index in [4.69, 9.17) is 9.15 Å². The fraction of sp³-hybridized carbons (Fsp3) is 0.385. The fourth-order valence-corrected chi connectivity index (χ4v) is 4.21. The summed E-state index contributed by atoms with van der Waals surface area (Å²) in [5.41, 5.74) is 1.88. The normalized spacial score (nSPS) is 15.0. The van der Waals surface area contributed by atoms with Crippen molar-refractivity contribution in [3.05, 3.63) is 75.4 Å². The number of piperidine rings is 1. The highest BCUT2D eigenvalue weighted by Crippen LogP contribution is 2.24. The highest BCUT2D eigenvalue weighted by molar-refractivity contribution is 5.94. The van der Waals surface area contributed by atoms with E-state index in [-0.39, 0.29) is 23.1 Å². The highest BCUT2D eigenvalue weighted by atomic mass is 19.1. The maximum atomic E-state index is 13.8. The molecule has 0 radical (unpaired) electrons. The Morgan fingerprint density at radius 1 is 1.15 bits per heavy atom. The van der Waals surface area contributed by atoms with Gasteiger partial charge in [0, 0.05) is 42.7 Å². The lowest BCUT2D eigenvalue weighted by Crippen LogP contribution is -2.45. The smallest absolute Gasteiger partial charge is 0.339 e. The SMILES string of the molecule is Cc1c(C)c2ccc(OCCCN3CCC(NC(=O)c4ccccc4F)CC3)cc2oc1=O. The van der Waals surface area contributed by atoms with Crippen molar-refractivity contribution >= 4 is 16.9 Å². The second-order valence-electron chi connectivity index (χ2n) is 8.57. The lowest BCUT2D eigenvalue weighted by atomic mass is 10.0. The average molecular weight is 453 g/mol. The Hall–Kier alpha value is -3.19. The topological polar surface area (TPSA) is 71.8 Å². The minimum atomic E-state index is -0.494. The van der Waals surface area contributed by atoms with Crippen LogP contribution in [0.3, 0.4) is 0 Å². The fourth-order valence-electron chi connectivity index (χ4n) is 4.21. The molecule has 1 amide bonds. The standard InChI is InChI=1S/C26H29FN2O4/c1-17-18(2)26(31)33-24-16-20(8-9-21(17)24)32-15-5-12-29-13-10-19(11-14-29)28-25(30)22-6-3-4-7-23(22)27/h3-4,6-9,16,19H,5,10-15H2,1-2H3,(H,28,30). The third-order valence-electron chi connectivity index (χ3n) is 6.36. The van der Waals surface area contributed by atoms with Crippen molar-refractivity contribution in [3.63, 3.8) is 0 Å². The van der Waals surface area contributed by atoms with Gasteiger partial charge in [-0.1, -0.05) is 12.1 Å². The molecule has 7 heteroatoms. The van der Waals surface area contributed by atoms with Gasteiger partial charge in [0.15, 0.2) is 0 Å². The number of nitrogens with zero attached hydrogens (tertiary/aromatic N) is 1. The number of hydrogen-bond donors (Lipinski definition) is 1. The van der Waals surface area contributed by atoms with Crippen molar-refractivity contribution in [1.29, 1.82) is 0 Å². The number of carbonyl (C=O) groups is 1. The Bertz CT molecular complexity index is 1200. The van der Waals surface area contributed by atoms with Gasteiger partial charge in [0.2, 0.25) is 0 Å². The second-order valence-corrected chi connectivity index (χ2v) is 8.57. The van der Waals surface area contributed by atoms with Gasteiger partial charge in [-0.15, -0.1) is 0 Å². The third kappa shape index (κ3) is 5.42. The number of halogens is 1. The van der Waals surface area contributed by atoms with Crippen molar-refractivity contribution in [2.75, 3.05) is 26.2 Å². The first kappa shape index (κ1) is 23.0. The summed E-state index contributed by atoms with van der Waals surface area (Å²) >= 11 is 0. The second kappa shape index (κ2) is 10.2. The predicted octanol–water partition coefficient (Wildman–Crippen LogP) is 4.21. The van der Waals surface area contributed by atoms with Gasteiger partial charge in [-0.3, -0.25) is 4.79 Å². The Balaban J connectivity index is 1.20. The monoisotopic (exact) mass is 452 g/mol. The molecule has 2 aromatic carbocycles. The van der Waals surface area contributed by atoms with Crippen LogP contribution < -0.4 is 15.7 Å². The van der Waals surface area contributed by atoms with E-state index in [0.717, 1.165) is 49.8 Å². The van der Waals surface area contributed by atoms with Gasteiger partial charge >= 0.3 is 5.63 Å². The molecular weight excluding hydrogens is 423 g/mol. The number of aryl methyl sites for hydroxylation is 1. The van der Waals surface area contributed by atoms with Crippen molar-refractivity contribution in [3.8, 4) is 5.75 Å². The zero-order valence-electron chi connectivity index (χ0n) is 19.0. The van der Waals surface area contributed by atoms with Crippen LogP contribution >= 0.6 is 0 Å². The Morgan fingerprint density at radius 2 is 1.91 bits per heavy atom. The van der Waals surface area contributed by atoms with Gasteiger partial charge in [-0.2, -0.15) is 0 Å². The molecule has 1 aliphatic rings. The number of hydrogen-bond acceptors (Lipinski definition) is 5. The summed E-state index contributed by atoms with van der Waals surface area (Å²) in [5.74, 6) is -0.161. The van der Waals surface area contributed by atoms with Crippen molar-refractivity contribution in [2.24, 2.45) is 0 Å². The van der Waals surface area contributed by atoms with E-state index >= 15 is 0 Å². The molecule has 1 aliphatic heterocycles. The van der Waals surface area contributed by atoms with E-state index in [1.165, 1.54) is 12.1 Å². The largest absolute Gasteiger partial charge is 0.493 e. The number of fused-ring (bicyclic) bond motifs is 1. The number of rotatable bonds is 7. The van der Waals surface area contributed by atoms with E-state index in [1.54, 1.807) is 25.1 Å². The van der Waals surface area contributed by atoms with E-state index in [2.05, 4.69) is 10.2 Å². The van der Waals surface area contributed by atoms with Crippen LogP contribution in [-0.4, -0.2) is 43.1 Å². The zero-order valence-corrected chi connectivity index (χ0v) is 19.0. The minimum absolute atomic E-state index is 0.0592. The zero-order chi connectivity index (χ0) is 23.4. The quantitative estimate of drug-likeness (QED) is 0.430. The van der Waals surface area contributed by atoms with E-state index in [0.29, 0.717) is 23.5 Å². The van der Waals surface area contributed by atoms with Crippen LogP contribution in [-0.2, 0) is 0 Å². The molecule has 1 fully saturated rings. The molecule has 4 rings (SSSR count). The molecule has 0 bridgehead atoms. The Morgan fingerprint density at radius 3 is 2.67 bits per heavy atom. The molecule has 33 heavy (non-hydrogen) atoms. The summed E-state index contributed by atoms with van der Waals surface area (Å²) in [5, 5.41) is 3.87. The van der Waals surface area contributed by atoms with E-state index in [9.17, 15) is 14.0 Å². The van der Waals surface area contributed by atoms with Crippen molar-refractivity contribution < 1.29 is 18.3 Å². The molecule has 1 N–H and O–H groups in total.